The van der Waals surface area contributed by atoms with Gasteiger partial charge in [0.2, 0.25) is 5.91 Å². The second-order valence-corrected chi connectivity index (χ2v) is 6.90. The van der Waals surface area contributed by atoms with Gasteiger partial charge in [-0.1, -0.05) is 18.2 Å². The van der Waals surface area contributed by atoms with Crippen molar-refractivity contribution < 1.29 is 14.3 Å². The Morgan fingerprint density at radius 2 is 1.90 bits per heavy atom. The highest BCUT2D eigenvalue weighted by Gasteiger charge is 2.42. The van der Waals surface area contributed by atoms with Crippen LogP contribution in [0.2, 0.25) is 0 Å². The molecule has 1 spiro atoms. The van der Waals surface area contributed by atoms with Gasteiger partial charge in [0, 0.05) is 36.6 Å². The summed E-state index contributed by atoms with van der Waals surface area (Å²) in [6.45, 7) is 2.84. The Bertz CT molecular complexity index is 546. The fourth-order valence-corrected chi connectivity index (χ4v) is 4.66. The van der Waals surface area contributed by atoms with E-state index < -0.39 is 5.79 Å². The molecule has 1 atom stereocenters. The summed E-state index contributed by atoms with van der Waals surface area (Å²) in [4.78, 5) is 16.0. The minimum absolute atomic E-state index is 0.0191. The van der Waals surface area contributed by atoms with E-state index in [4.69, 9.17) is 9.47 Å². The average Bonchev–Trinajstić information content (AvgIpc) is 3.15. The Balaban J connectivity index is 1.45. The minimum Gasteiger partial charge on any atom is -0.347 e. The largest absolute Gasteiger partial charge is 0.347 e. The summed E-state index contributed by atoms with van der Waals surface area (Å²) >= 11 is 1.79. The van der Waals surface area contributed by atoms with Crippen LogP contribution < -0.4 is 0 Å². The van der Waals surface area contributed by atoms with Gasteiger partial charge in [-0.25, -0.2) is 0 Å². The highest BCUT2D eigenvalue weighted by atomic mass is 32.2. The third kappa shape index (κ3) is 2.37. The molecule has 0 aromatic heterocycles. The van der Waals surface area contributed by atoms with Gasteiger partial charge in [0.25, 0.3) is 0 Å². The van der Waals surface area contributed by atoms with Crippen LogP contribution in [0.3, 0.4) is 0 Å². The molecular formula is C16H19NO3S. The van der Waals surface area contributed by atoms with E-state index in [9.17, 15) is 4.79 Å². The lowest BCUT2D eigenvalue weighted by Crippen LogP contribution is -2.48. The van der Waals surface area contributed by atoms with Crippen LogP contribution in [0.25, 0.3) is 0 Å². The summed E-state index contributed by atoms with van der Waals surface area (Å²) in [7, 11) is 0. The molecule has 0 bridgehead atoms. The summed E-state index contributed by atoms with van der Waals surface area (Å²) in [5.74, 6) is 0.748. The first kappa shape index (κ1) is 13.6. The van der Waals surface area contributed by atoms with Crippen molar-refractivity contribution in [2.75, 3.05) is 32.1 Å². The van der Waals surface area contributed by atoms with E-state index in [1.54, 1.807) is 11.8 Å². The molecule has 112 valence electrons. The number of carbonyl (C=O) groups is 1. The first-order valence-corrected chi connectivity index (χ1v) is 8.54. The third-order valence-corrected chi connectivity index (χ3v) is 5.83. The highest BCUT2D eigenvalue weighted by molar-refractivity contribution is 7.99. The molecule has 0 aliphatic carbocycles. The van der Waals surface area contributed by atoms with Crippen molar-refractivity contribution in [2.24, 2.45) is 0 Å². The molecule has 3 aliphatic heterocycles. The molecule has 0 radical (unpaired) electrons. The summed E-state index contributed by atoms with van der Waals surface area (Å²) < 4.78 is 11.5. The van der Waals surface area contributed by atoms with E-state index in [1.165, 1.54) is 10.5 Å². The van der Waals surface area contributed by atoms with Crippen LogP contribution in [-0.2, 0) is 14.3 Å². The van der Waals surface area contributed by atoms with Gasteiger partial charge in [0.1, 0.15) is 0 Å². The van der Waals surface area contributed by atoms with Crippen molar-refractivity contribution >= 4 is 17.7 Å². The number of carbonyl (C=O) groups excluding carboxylic acids is 1. The predicted octanol–water partition coefficient (Wildman–Crippen LogP) is 2.24. The second-order valence-electron chi connectivity index (χ2n) is 5.83. The van der Waals surface area contributed by atoms with Crippen LogP contribution >= 0.6 is 11.8 Å². The molecule has 1 aromatic rings. The summed E-state index contributed by atoms with van der Waals surface area (Å²) in [6, 6.07) is 8.26. The van der Waals surface area contributed by atoms with E-state index in [0.29, 0.717) is 13.2 Å². The Hall–Kier alpha value is -1.04. The fourth-order valence-electron chi connectivity index (χ4n) is 3.44. The van der Waals surface area contributed by atoms with Crippen molar-refractivity contribution in [2.45, 2.75) is 29.4 Å². The first-order chi connectivity index (χ1) is 10.3. The Morgan fingerprint density at radius 3 is 2.67 bits per heavy atom. The lowest BCUT2D eigenvalue weighted by atomic mass is 9.97. The zero-order chi connectivity index (χ0) is 14.3. The van der Waals surface area contributed by atoms with E-state index in [2.05, 4.69) is 12.1 Å². The molecule has 2 saturated heterocycles. The molecule has 5 heteroatoms. The van der Waals surface area contributed by atoms with E-state index in [-0.39, 0.29) is 11.8 Å². The lowest BCUT2D eigenvalue weighted by Gasteiger charge is -2.38. The number of ether oxygens (including phenoxy) is 2. The molecule has 0 N–H and O–H groups in total. The summed E-state index contributed by atoms with van der Waals surface area (Å²) in [5.41, 5.74) is 1.20. The highest BCUT2D eigenvalue weighted by Crippen LogP contribution is 2.41. The van der Waals surface area contributed by atoms with Crippen LogP contribution in [0.5, 0.6) is 0 Å². The molecule has 3 heterocycles. The number of amides is 1. The van der Waals surface area contributed by atoms with Crippen LogP contribution in [-0.4, -0.2) is 48.7 Å². The monoisotopic (exact) mass is 305 g/mol. The number of thioether (sulfide) groups is 1. The number of hydrogen-bond donors (Lipinski definition) is 0. The molecule has 0 saturated carbocycles. The molecule has 21 heavy (non-hydrogen) atoms. The maximum absolute atomic E-state index is 12.8. The summed E-state index contributed by atoms with van der Waals surface area (Å²) in [6.07, 6.45) is 1.58. The van der Waals surface area contributed by atoms with Crippen LogP contribution in [0.4, 0.5) is 0 Å². The van der Waals surface area contributed by atoms with E-state index in [0.717, 1.165) is 31.7 Å². The van der Waals surface area contributed by atoms with Crippen LogP contribution in [0.1, 0.15) is 24.3 Å². The minimum atomic E-state index is -0.404. The normalized spacial score (nSPS) is 27.0. The molecule has 1 unspecified atom stereocenters. The van der Waals surface area contributed by atoms with Crippen molar-refractivity contribution in [1.29, 1.82) is 0 Å². The number of hydrogen-bond acceptors (Lipinski definition) is 4. The molecule has 3 aliphatic rings. The Kier molecular flexibility index (Phi) is 3.44. The maximum atomic E-state index is 12.8. The molecule has 4 rings (SSSR count). The Morgan fingerprint density at radius 1 is 1.19 bits per heavy atom. The van der Waals surface area contributed by atoms with Gasteiger partial charge in [-0.15, -0.1) is 11.8 Å². The van der Waals surface area contributed by atoms with Crippen molar-refractivity contribution in [3.05, 3.63) is 29.8 Å². The quantitative estimate of drug-likeness (QED) is 0.797. The third-order valence-electron chi connectivity index (χ3n) is 4.65. The van der Waals surface area contributed by atoms with Gasteiger partial charge < -0.3 is 14.4 Å². The molecule has 1 aromatic carbocycles. The van der Waals surface area contributed by atoms with Crippen molar-refractivity contribution in [1.82, 2.24) is 4.90 Å². The van der Waals surface area contributed by atoms with Gasteiger partial charge in [0.05, 0.1) is 19.1 Å². The topological polar surface area (TPSA) is 38.8 Å². The van der Waals surface area contributed by atoms with Gasteiger partial charge in [-0.05, 0) is 11.6 Å². The van der Waals surface area contributed by atoms with Crippen LogP contribution in [0, 0.1) is 0 Å². The zero-order valence-corrected chi connectivity index (χ0v) is 12.7. The lowest BCUT2D eigenvalue weighted by molar-refractivity contribution is -0.187. The number of piperidine rings is 1. The van der Waals surface area contributed by atoms with Gasteiger partial charge in [0.15, 0.2) is 5.79 Å². The molecule has 1 amide bonds. The summed E-state index contributed by atoms with van der Waals surface area (Å²) in [5, 5.41) is 0. The number of fused-ring (bicyclic) bond motifs is 1. The van der Waals surface area contributed by atoms with E-state index in [1.807, 2.05) is 17.0 Å². The molecule has 4 nitrogen and oxygen atoms in total. The first-order valence-electron chi connectivity index (χ1n) is 7.56. The van der Waals surface area contributed by atoms with Gasteiger partial charge in [-0.2, -0.15) is 0 Å². The molecule has 2 fully saturated rings. The predicted molar refractivity (Wildman–Crippen MR) is 80.4 cm³/mol. The standard InChI is InChI=1S/C16H19NO3S/c18-15(13-11-21-14-4-2-1-3-12(13)14)17-7-5-16(6-8-17)19-9-10-20-16/h1-4,13H,5-11H2. The molecular weight excluding hydrogens is 286 g/mol. The van der Waals surface area contributed by atoms with Crippen molar-refractivity contribution in [3.8, 4) is 0 Å². The SMILES string of the molecule is O=C(C1CSc2ccccc21)N1CCC2(CC1)OCCO2. The number of benzene rings is 1. The number of nitrogens with zero attached hydrogens (tertiary/aromatic N) is 1. The fraction of sp³-hybridized carbons (Fsp3) is 0.562. The van der Waals surface area contributed by atoms with Crippen LogP contribution in [0.15, 0.2) is 29.2 Å². The van der Waals surface area contributed by atoms with Gasteiger partial charge >= 0.3 is 0 Å². The average molecular weight is 305 g/mol. The number of likely N-dealkylation sites (tertiary alicyclic amines) is 1. The van der Waals surface area contributed by atoms with E-state index >= 15 is 0 Å². The van der Waals surface area contributed by atoms with Gasteiger partial charge in [-0.3, -0.25) is 4.79 Å². The smallest absolute Gasteiger partial charge is 0.231 e. The maximum Gasteiger partial charge on any atom is 0.231 e. The zero-order valence-electron chi connectivity index (χ0n) is 11.9. The van der Waals surface area contributed by atoms with Crippen molar-refractivity contribution in [3.63, 3.8) is 0 Å². The number of rotatable bonds is 1. The Labute approximate surface area is 128 Å². The second kappa shape index (κ2) is 5.30.